The van der Waals surface area contributed by atoms with E-state index in [1.807, 2.05) is 40.9 Å². The average Bonchev–Trinajstić information content (AvgIpc) is 3.55. The van der Waals surface area contributed by atoms with Crippen LogP contribution in [-0.2, 0) is 7.05 Å². The van der Waals surface area contributed by atoms with Gasteiger partial charge in [0.2, 0.25) is 0 Å². The summed E-state index contributed by atoms with van der Waals surface area (Å²) in [5, 5.41) is 0. The summed E-state index contributed by atoms with van der Waals surface area (Å²) in [4.78, 5) is 27.8. The molecule has 1 atom stereocenters. The number of hydrogen-bond acceptors (Lipinski definition) is 6. The Kier molecular flexibility index (Phi) is 6.18. The topological polar surface area (TPSA) is 82.2 Å². The number of fused-ring (bicyclic) bond motifs is 2. The molecule has 38 heavy (non-hydrogen) atoms. The van der Waals surface area contributed by atoms with Crippen LogP contribution in [0.2, 0.25) is 0 Å². The Labute approximate surface area is 219 Å². The van der Waals surface area contributed by atoms with Crippen LogP contribution in [0.4, 0.5) is 5.69 Å². The number of hydrogen-bond donors (Lipinski definition) is 0. The predicted octanol–water partition coefficient (Wildman–Crippen LogP) is 5.17. The van der Waals surface area contributed by atoms with Gasteiger partial charge in [-0.25, -0.2) is 14.6 Å². The minimum atomic E-state index is -0.413. The smallest absolute Gasteiger partial charge is 0.419 e. The number of ether oxygens (including phenoxy) is 1. The van der Waals surface area contributed by atoms with Crippen LogP contribution < -0.4 is 10.5 Å². The monoisotopic (exact) mass is 508 g/mol. The second-order valence-corrected chi connectivity index (χ2v) is 9.72. The lowest BCUT2D eigenvalue weighted by Crippen LogP contribution is -2.37. The van der Waals surface area contributed by atoms with Crippen molar-refractivity contribution in [3.8, 4) is 28.4 Å². The van der Waals surface area contributed by atoms with Crippen molar-refractivity contribution in [3.63, 3.8) is 0 Å². The van der Waals surface area contributed by atoms with Crippen LogP contribution in [0.5, 0.6) is 6.01 Å². The summed E-state index contributed by atoms with van der Waals surface area (Å²) in [7, 11) is 1.69. The van der Waals surface area contributed by atoms with E-state index in [1.165, 1.54) is 11.0 Å². The fourth-order valence-corrected chi connectivity index (χ4v) is 5.28. The molecule has 2 aromatic carbocycles. The molecule has 0 spiro atoms. The Bertz CT molecular complexity index is 1720. The first-order valence-corrected chi connectivity index (χ1v) is 12.9. The minimum absolute atomic E-state index is 0.413. The van der Waals surface area contributed by atoms with Gasteiger partial charge in [0.25, 0.3) is 0 Å². The first kappa shape index (κ1) is 23.9. The van der Waals surface area contributed by atoms with Gasteiger partial charge in [-0.3, -0.25) is 8.97 Å². The number of oxazole rings is 1. The van der Waals surface area contributed by atoms with Gasteiger partial charge in [0.1, 0.15) is 0 Å². The van der Waals surface area contributed by atoms with E-state index in [1.54, 1.807) is 25.4 Å². The molecule has 3 aromatic heterocycles. The van der Waals surface area contributed by atoms with E-state index in [0.29, 0.717) is 46.7 Å². The summed E-state index contributed by atoms with van der Waals surface area (Å²) < 4.78 is 15.2. The number of nitrogens with zero attached hydrogens (tertiary/aromatic N) is 6. The fraction of sp³-hybridized carbons (Fsp3) is 0.310. The highest BCUT2D eigenvalue weighted by Crippen LogP contribution is 2.37. The van der Waals surface area contributed by atoms with Gasteiger partial charge in [-0.15, -0.1) is 0 Å². The molecule has 192 valence electrons. The van der Waals surface area contributed by atoms with Gasteiger partial charge in [0.05, 0.1) is 30.0 Å². The zero-order valence-electron chi connectivity index (χ0n) is 21.4. The number of rotatable bonds is 6. The fourth-order valence-electron chi connectivity index (χ4n) is 5.28. The van der Waals surface area contributed by atoms with Gasteiger partial charge in [-0.2, -0.15) is 4.98 Å². The quantitative estimate of drug-likeness (QED) is 0.294. The third-order valence-electron chi connectivity index (χ3n) is 7.36. The summed E-state index contributed by atoms with van der Waals surface area (Å²) in [6.45, 7) is 13.3. The van der Waals surface area contributed by atoms with E-state index in [0.717, 1.165) is 42.7 Å². The highest BCUT2D eigenvalue weighted by atomic mass is 16.5. The Morgan fingerprint density at radius 2 is 2.00 bits per heavy atom. The van der Waals surface area contributed by atoms with Crippen molar-refractivity contribution in [1.29, 1.82) is 0 Å². The normalized spacial score (nSPS) is 16.2. The van der Waals surface area contributed by atoms with Crippen molar-refractivity contribution in [1.82, 2.24) is 23.8 Å². The first-order chi connectivity index (χ1) is 18.6. The molecule has 0 aliphatic carbocycles. The van der Waals surface area contributed by atoms with Gasteiger partial charge < -0.3 is 14.1 Å². The number of piperidine rings is 1. The molecule has 1 saturated heterocycles. The maximum atomic E-state index is 12.1. The molecular formula is C29H28N6O3. The van der Waals surface area contributed by atoms with Crippen LogP contribution in [0, 0.1) is 12.5 Å². The lowest BCUT2D eigenvalue weighted by Gasteiger charge is -2.31. The van der Waals surface area contributed by atoms with Gasteiger partial charge >= 0.3 is 11.8 Å². The molecule has 1 aliphatic rings. The van der Waals surface area contributed by atoms with Crippen LogP contribution >= 0.6 is 0 Å². The largest absolute Gasteiger partial charge is 0.464 e. The molecule has 1 fully saturated rings. The molecular weight excluding hydrogens is 480 g/mol. The van der Waals surface area contributed by atoms with Crippen molar-refractivity contribution < 1.29 is 9.15 Å². The lowest BCUT2D eigenvalue weighted by atomic mass is 9.99. The second kappa shape index (κ2) is 9.80. The average molecular weight is 509 g/mol. The molecule has 0 saturated carbocycles. The lowest BCUT2D eigenvalue weighted by molar-refractivity contribution is 0.129. The molecule has 0 N–H and O–H groups in total. The SMILES string of the molecule is [C-]#[N+]c1ccc(-c2nc(OC[C@@H]3CCCN(CC)C3)n3ccnc3c2-c2ccc3c(c2)oc(=O)n3C)cc1. The van der Waals surface area contributed by atoms with Crippen molar-refractivity contribution in [2.24, 2.45) is 13.0 Å². The predicted molar refractivity (Wildman–Crippen MR) is 145 cm³/mol. The van der Waals surface area contributed by atoms with E-state index < -0.39 is 5.76 Å². The number of likely N-dealkylation sites (tertiary alicyclic amines) is 1. The van der Waals surface area contributed by atoms with Crippen molar-refractivity contribution in [2.45, 2.75) is 19.8 Å². The molecule has 0 unspecified atom stereocenters. The van der Waals surface area contributed by atoms with E-state index in [4.69, 9.17) is 20.7 Å². The maximum absolute atomic E-state index is 12.1. The van der Waals surface area contributed by atoms with E-state index in [2.05, 4.69) is 21.7 Å². The van der Waals surface area contributed by atoms with Crippen molar-refractivity contribution in [2.75, 3.05) is 26.2 Å². The van der Waals surface area contributed by atoms with Crippen LogP contribution in [0.1, 0.15) is 19.8 Å². The zero-order valence-corrected chi connectivity index (χ0v) is 21.4. The summed E-state index contributed by atoms with van der Waals surface area (Å²) in [6, 6.07) is 13.5. The van der Waals surface area contributed by atoms with Crippen molar-refractivity contribution >= 4 is 22.4 Å². The summed E-state index contributed by atoms with van der Waals surface area (Å²) in [5.74, 6) is 0.0258. The standard InChI is InChI=1S/C29H28N6O3/c1-4-34-14-5-6-19(17-34)18-37-28-32-26(20-7-10-22(30-2)11-8-20)25(27-31-13-15-35(27)28)21-9-12-23-24(16-21)38-29(36)33(23)3/h7-13,15-16,19H,4-6,14,17-18H2,1,3H3/t19-/m1/s1. The molecule has 0 bridgehead atoms. The molecule has 9 heteroatoms. The molecule has 6 rings (SSSR count). The third kappa shape index (κ3) is 4.23. The molecule has 4 heterocycles. The summed E-state index contributed by atoms with van der Waals surface area (Å²) in [5.41, 5.74) is 5.58. The zero-order chi connectivity index (χ0) is 26.2. The highest BCUT2D eigenvalue weighted by molar-refractivity contribution is 5.93. The van der Waals surface area contributed by atoms with Gasteiger partial charge in [-0.1, -0.05) is 37.3 Å². The van der Waals surface area contributed by atoms with Gasteiger partial charge in [-0.05, 0) is 49.2 Å². The molecule has 9 nitrogen and oxygen atoms in total. The second-order valence-electron chi connectivity index (χ2n) is 9.72. The molecule has 0 amide bonds. The van der Waals surface area contributed by atoms with Crippen LogP contribution in [0.25, 0.3) is 44.0 Å². The van der Waals surface area contributed by atoms with E-state index >= 15 is 0 Å². The van der Waals surface area contributed by atoms with Crippen LogP contribution in [-0.4, -0.2) is 50.1 Å². The number of imidazole rings is 1. The minimum Gasteiger partial charge on any atom is -0.464 e. The molecule has 0 radical (unpaired) electrons. The van der Waals surface area contributed by atoms with E-state index in [-0.39, 0.29) is 0 Å². The highest BCUT2D eigenvalue weighted by Gasteiger charge is 2.23. The third-order valence-corrected chi connectivity index (χ3v) is 7.36. The Hall–Kier alpha value is -4.42. The van der Waals surface area contributed by atoms with E-state index in [9.17, 15) is 4.79 Å². The van der Waals surface area contributed by atoms with Gasteiger partial charge in [0, 0.05) is 31.9 Å². The number of aromatic nitrogens is 4. The Morgan fingerprint density at radius 3 is 2.79 bits per heavy atom. The summed E-state index contributed by atoms with van der Waals surface area (Å²) >= 11 is 0. The molecule has 1 aliphatic heterocycles. The van der Waals surface area contributed by atoms with Gasteiger partial charge in [0.15, 0.2) is 16.9 Å². The Morgan fingerprint density at radius 1 is 1.18 bits per heavy atom. The molecule has 5 aromatic rings. The first-order valence-electron chi connectivity index (χ1n) is 12.9. The number of benzene rings is 2. The van der Waals surface area contributed by atoms with Crippen LogP contribution in [0.15, 0.2) is 64.1 Å². The number of aryl methyl sites for hydroxylation is 1. The maximum Gasteiger partial charge on any atom is 0.419 e. The van der Waals surface area contributed by atoms with Crippen LogP contribution in [0.3, 0.4) is 0 Å². The Balaban J connectivity index is 1.48. The van der Waals surface area contributed by atoms with Crippen molar-refractivity contribution in [3.05, 3.63) is 76.8 Å². The summed E-state index contributed by atoms with van der Waals surface area (Å²) in [6.07, 6.45) is 5.90.